The molecular formula is C13H21N3O4S. The number of nitrogens with one attached hydrogen (secondary N) is 1. The molecule has 21 heavy (non-hydrogen) atoms. The molecule has 0 aromatic carbocycles. The highest BCUT2D eigenvalue weighted by Gasteiger charge is 2.37. The van der Waals surface area contributed by atoms with Crippen molar-refractivity contribution in [3.8, 4) is 0 Å². The highest BCUT2D eigenvalue weighted by molar-refractivity contribution is 7.89. The molecule has 0 aliphatic carbocycles. The molecule has 8 heteroatoms. The first-order valence-corrected chi connectivity index (χ1v) is 7.94. The second kappa shape index (κ2) is 6.40. The Kier molecular flexibility index (Phi) is 5.30. The number of nitrogens with zero attached hydrogens (tertiary/aromatic N) is 2. The maximum absolute atomic E-state index is 12.8. The first-order chi connectivity index (χ1) is 9.66. The summed E-state index contributed by atoms with van der Waals surface area (Å²) >= 11 is 0. The van der Waals surface area contributed by atoms with E-state index in [0.717, 1.165) is 6.20 Å². The zero-order chi connectivity index (χ0) is 16.3. The van der Waals surface area contributed by atoms with Gasteiger partial charge in [-0.1, -0.05) is 6.08 Å². The van der Waals surface area contributed by atoms with Crippen molar-refractivity contribution in [3.05, 3.63) is 24.4 Å². The van der Waals surface area contributed by atoms with Crippen molar-refractivity contribution in [3.63, 3.8) is 0 Å². The van der Waals surface area contributed by atoms with Crippen molar-refractivity contribution in [2.75, 3.05) is 13.2 Å². The van der Waals surface area contributed by atoms with Gasteiger partial charge in [0.1, 0.15) is 5.56 Å². The van der Waals surface area contributed by atoms with Crippen LogP contribution in [0.1, 0.15) is 38.1 Å². The number of hydrogen-bond acceptors (Lipinski definition) is 5. The number of sulfonamides is 1. The van der Waals surface area contributed by atoms with Crippen molar-refractivity contribution >= 4 is 16.0 Å². The minimum atomic E-state index is -3.93. The van der Waals surface area contributed by atoms with Crippen LogP contribution in [0.25, 0.3) is 0 Å². The highest BCUT2D eigenvalue weighted by Crippen LogP contribution is 2.25. The number of carbonyl (C=O) groups is 1. The van der Waals surface area contributed by atoms with E-state index >= 15 is 0 Å². The fourth-order valence-corrected chi connectivity index (χ4v) is 3.61. The molecule has 1 heterocycles. The summed E-state index contributed by atoms with van der Waals surface area (Å²) in [5.74, 6) is -0.725. The lowest BCUT2D eigenvalue weighted by atomic mass is 10.1. The zero-order valence-electron chi connectivity index (χ0n) is 12.7. The van der Waals surface area contributed by atoms with Crippen LogP contribution in [-0.4, -0.2) is 47.6 Å². The van der Waals surface area contributed by atoms with E-state index in [1.807, 2.05) is 0 Å². The van der Waals surface area contributed by atoms with Gasteiger partial charge in [-0.15, -0.1) is 6.58 Å². The predicted octanol–water partition coefficient (Wildman–Crippen LogP) is 1.56. The summed E-state index contributed by atoms with van der Waals surface area (Å²) in [4.78, 5) is 11.8. The zero-order valence-corrected chi connectivity index (χ0v) is 13.5. The first kappa shape index (κ1) is 17.4. The Hall–Kier alpha value is -1.67. The number of aromatic nitrogens is 2. The van der Waals surface area contributed by atoms with Gasteiger partial charge in [-0.25, -0.2) is 13.2 Å². The number of H-pyrrole nitrogens is 1. The molecule has 0 saturated heterocycles. The molecule has 0 bridgehead atoms. The molecule has 7 nitrogen and oxygen atoms in total. The fourth-order valence-electron chi connectivity index (χ4n) is 1.79. The van der Waals surface area contributed by atoms with Crippen molar-refractivity contribution in [1.82, 2.24) is 14.5 Å². The fraction of sp³-hybridized carbons (Fsp3) is 0.538. The summed E-state index contributed by atoms with van der Waals surface area (Å²) in [5.41, 5.74) is -0.778. The van der Waals surface area contributed by atoms with E-state index in [2.05, 4.69) is 16.8 Å². The first-order valence-electron chi connectivity index (χ1n) is 6.50. The van der Waals surface area contributed by atoms with Crippen molar-refractivity contribution in [1.29, 1.82) is 0 Å². The van der Waals surface area contributed by atoms with Crippen LogP contribution in [0.15, 0.2) is 23.9 Å². The van der Waals surface area contributed by atoms with Crippen LogP contribution in [-0.2, 0) is 14.8 Å². The third kappa shape index (κ3) is 3.70. The van der Waals surface area contributed by atoms with Crippen molar-refractivity contribution in [2.45, 2.75) is 38.3 Å². The monoisotopic (exact) mass is 315 g/mol. The van der Waals surface area contributed by atoms with Crippen molar-refractivity contribution < 1.29 is 17.9 Å². The standard InChI is InChI=1S/C13H21N3O4S/c1-6-8-16(13(3,4)5)21(18,19)11-10(9-14-15-11)12(17)20-7-2/h6,9H,1,7-8H2,2-5H3,(H,14,15). The lowest BCUT2D eigenvalue weighted by Crippen LogP contribution is -2.46. The molecule has 1 aromatic rings. The molecule has 0 radical (unpaired) electrons. The Balaban J connectivity index is 3.33. The van der Waals surface area contributed by atoms with E-state index in [1.54, 1.807) is 27.7 Å². The summed E-state index contributed by atoms with van der Waals surface area (Å²) in [5, 5.41) is 5.77. The molecule has 0 atom stereocenters. The third-order valence-corrected chi connectivity index (χ3v) is 4.80. The topological polar surface area (TPSA) is 92.4 Å². The van der Waals surface area contributed by atoms with Crippen LogP contribution in [0.4, 0.5) is 0 Å². The molecule has 0 aliphatic rings. The van der Waals surface area contributed by atoms with Gasteiger partial charge in [-0.2, -0.15) is 9.40 Å². The second-order valence-electron chi connectivity index (χ2n) is 5.33. The summed E-state index contributed by atoms with van der Waals surface area (Å²) < 4.78 is 31.6. The van der Waals surface area contributed by atoms with Gasteiger partial charge in [0, 0.05) is 12.1 Å². The Morgan fingerprint density at radius 3 is 2.62 bits per heavy atom. The molecule has 1 N–H and O–H groups in total. The molecule has 118 valence electrons. The van der Waals surface area contributed by atoms with Crippen LogP contribution in [0.2, 0.25) is 0 Å². The van der Waals surface area contributed by atoms with E-state index in [0.29, 0.717) is 0 Å². The Morgan fingerprint density at radius 2 is 2.14 bits per heavy atom. The molecule has 0 saturated carbocycles. The van der Waals surface area contributed by atoms with E-state index in [9.17, 15) is 13.2 Å². The van der Waals surface area contributed by atoms with Crippen LogP contribution in [0.3, 0.4) is 0 Å². The smallest absolute Gasteiger partial charge is 0.342 e. The average Bonchev–Trinajstić information content (AvgIpc) is 2.84. The maximum atomic E-state index is 12.8. The van der Waals surface area contributed by atoms with Crippen LogP contribution >= 0.6 is 0 Å². The van der Waals surface area contributed by atoms with E-state index in [4.69, 9.17) is 4.74 Å². The van der Waals surface area contributed by atoms with Crippen molar-refractivity contribution in [2.24, 2.45) is 0 Å². The van der Waals surface area contributed by atoms with Crippen LogP contribution in [0.5, 0.6) is 0 Å². The molecule has 0 unspecified atom stereocenters. The van der Waals surface area contributed by atoms with Gasteiger partial charge in [-0.05, 0) is 27.7 Å². The Bertz CT molecular complexity index is 614. The van der Waals surface area contributed by atoms with Gasteiger partial charge in [0.25, 0.3) is 10.0 Å². The summed E-state index contributed by atoms with van der Waals surface area (Å²) in [6.45, 7) is 10.8. The third-order valence-electron chi connectivity index (χ3n) is 2.69. The van der Waals surface area contributed by atoms with Gasteiger partial charge in [0.05, 0.1) is 12.8 Å². The summed E-state index contributed by atoms with van der Waals surface area (Å²) in [6.07, 6.45) is 2.64. The largest absolute Gasteiger partial charge is 0.462 e. The van der Waals surface area contributed by atoms with Gasteiger partial charge in [0.2, 0.25) is 0 Å². The van der Waals surface area contributed by atoms with Crippen LogP contribution < -0.4 is 0 Å². The molecule has 0 aliphatic heterocycles. The molecule has 0 amide bonds. The number of carbonyl (C=O) groups excluding carboxylic acids is 1. The number of esters is 1. The normalized spacial score (nSPS) is 12.4. The van der Waals surface area contributed by atoms with Gasteiger partial charge in [-0.3, -0.25) is 5.10 Å². The van der Waals surface area contributed by atoms with E-state index in [1.165, 1.54) is 10.4 Å². The highest BCUT2D eigenvalue weighted by atomic mass is 32.2. The second-order valence-corrected chi connectivity index (χ2v) is 7.13. The van der Waals surface area contributed by atoms with E-state index < -0.39 is 21.5 Å². The Labute approximate surface area is 125 Å². The van der Waals surface area contributed by atoms with E-state index in [-0.39, 0.29) is 23.7 Å². The van der Waals surface area contributed by atoms with Gasteiger partial charge in [0.15, 0.2) is 5.03 Å². The summed E-state index contributed by atoms with van der Waals surface area (Å²) in [7, 11) is -3.93. The van der Waals surface area contributed by atoms with Crippen LogP contribution in [0, 0.1) is 0 Å². The lowest BCUT2D eigenvalue weighted by molar-refractivity contribution is 0.0521. The predicted molar refractivity (Wildman–Crippen MR) is 78.4 cm³/mol. The number of ether oxygens (including phenoxy) is 1. The maximum Gasteiger partial charge on any atom is 0.342 e. The molecule has 1 aromatic heterocycles. The average molecular weight is 315 g/mol. The quantitative estimate of drug-likeness (QED) is 0.635. The Morgan fingerprint density at radius 1 is 1.52 bits per heavy atom. The number of rotatable bonds is 6. The molecular weight excluding hydrogens is 294 g/mol. The lowest BCUT2D eigenvalue weighted by Gasteiger charge is -2.33. The molecule has 1 rings (SSSR count). The molecule has 0 fully saturated rings. The number of hydrogen-bond donors (Lipinski definition) is 1. The summed E-state index contributed by atoms with van der Waals surface area (Å²) in [6, 6.07) is 0. The molecule has 0 spiro atoms. The van der Waals surface area contributed by atoms with Gasteiger partial charge >= 0.3 is 5.97 Å². The number of aromatic amines is 1. The minimum absolute atomic E-state index is 0.102. The SMILES string of the molecule is C=CCN(C(C)(C)C)S(=O)(=O)c1[nH]ncc1C(=O)OCC. The minimum Gasteiger partial charge on any atom is -0.462 e. The van der Waals surface area contributed by atoms with Gasteiger partial charge < -0.3 is 4.74 Å².